The summed E-state index contributed by atoms with van der Waals surface area (Å²) in [6, 6.07) is 30.5. The predicted molar refractivity (Wildman–Crippen MR) is 124 cm³/mol. The molecule has 0 radical (unpaired) electrons. The molecule has 1 heterocycles. The van der Waals surface area contributed by atoms with Gasteiger partial charge < -0.3 is 0 Å². The summed E-state index contributed by atoms with van der Waals surface area (Å²) in [6.45, 7) is 0. The minimum atomic E-state index is -0.680. The van der Waals surface area contributed by atoms with E-state index in [0.717, 1.165) is 22.3 Å². The first-order chi connectivity index (χ1) is 15.7. The van der Waals surface area contributed by atoms with E-state index >= 15 is 0 Å². The summed E-state index contributed by atoms with van der Waals surface area (Å²) in [5, 5.41) is 0. The van der Waals surface area contributed by atoms with Crippen molar-refractivity contribution in [2.75, 3.05) is 0 Å². The summed E-state index contributed by atoms with van der Waals surface area (Å²) in [5.74, 6) is -1.33. The second-order valence-corrected chi connectivity index (χ2v) is 7.41. The molecular formula is C28H18F2N2. The third kappa shape index (κ3) is 3.91. The Hall–Kier alpha value is -4.18. The monoisotopic (exact) mass is 420 g/mol. The fourth-order valence-corrected chi connectivity index (χ4v) is 3.66. The minimum absolute atomic E-state index is 0.0273. The van der Waals surface area contributed by atoms with Gasteiger partial charge in [-0.1, -0.05) is 84.9 Å². The predicted octanol–water partition coefficient (Wildman–Crippen LogP) is 7.42. The van der Waals surface area contributed by atoms with Crippen molar-refractivity contribution in [1.82, 2.24) is 9.97 Å². The summed E-state index contributed by atoms with van der Waals surface area (Å²) in [7, 11) is 0. The normalized spacial score (nSPS) is 10.8. The van der Waals surface area contributed by atoms with Gasteiger partial charge in [0.05, 0.1) is 5.56 Å². The molecule has 0 spiro atoms. The van der Waals surface area contributed by atoms with E-state index in [1.54, 1.807) is 12.4 Å². The second kappa shape index (κ2) is 8.52. The highest BCUT2D eigenvalue weighted by Gasteiger charge is 2.13. The van der Waals surface area contributed by atoms with Crippen LogP contribution in [0.1, 0.15) is 0 Å². The molecule has 0 saturated carbocycles. The molecule has 1 aromatic heterocycles. The molecule has 0 aliphatic heterocycles. The molecule has 0 aliphatic rings. The van der Waals surface area contributed by atoms with Crippen LogP contribution in [0.5, 0.6) is 0 Å². The zero-order valence-electron chi connectivity index (χ0n) is 17.0. The van der Waals surface area contributed by atoms with E-state index in [0.29, 0.717) is 0 Å². The molecule has 0 unspecified atom stereocenters. The lowest BCUT2D eigenvalue weighted by molar-refractivity contribution is 0.587. The SMILES string of the molecule is Fc1cccc(F)c1-c1ncc(-c2ccc(-c3ccc(-c4ccccc4)cc3)cc2)cn1. The van der Waals surface area contributed by atoms with Crippen LogP contribution in [-0.2, 0) is 0 Å². The van der Waals surface area contributed by atoms with Gasteiger partial charge in [-0.25, -0.2) is 18.7 Å². The Bertz CT molecular complexity index is 1330. The number of hydrogen-bond acceptors (Lipinski definition) is 2. The summed E-state index contributed by atoms with van der Waals surface area (Å²) >= 11 is 0. The van der Waals surface area contributed by atoms with Gasteiger partial charge in [-0.15, -0.1) is 0 Å². The van der Waals surface area contributed by atoms with Crippen LogP contribution < -0.4 is 0 Å². The summed E-state index contributed by atoms with van der Waals surface area (Å²) in [6.07, 6.45) is 3.16. The topological polar surface area (TPSA) is 25.8 Å². The second-order valence-electron chi connectivity index (χ2n) is 7.41. The van der Waals surface area contributed by atoms with E-state index in [1.807, 2.05) is 42.5 Å². The fraction of sp³-hybridized carbons (Fsp3) is 0. The third-order valence-electron chi connectivity index (χ3n) is 5.38. The van der Waals surface area contributed by atoms with Gasteiger partial charge >= 0.3 is 0 Å². The molecule has 0 saturated heterocycles. The molecule has 2 nitrogen and oxygen atoms in total. The maximum atomic E-state index is 14.0. The highest BCUT2D eigenvalue weighted by Crippen LogP contribution is 2.28. The molecule has 5 aromatic rings. The third-order valence-corrected chi connectivity index (χ3v) is 5.38. The van der Waals surface area contributed by atoms with E-state index < -0.39 is 11.6 Å². The van der Waals surface area contributed by atoms with Crippen molar-refractivity contribution in [2.24, 2.45) is 0 Å². The lowest BCUT2D eigenvalue weighted by Crippen LogP contribution is -1.95. The van der Waals surface area contributed by atoms with E-state index in [4.69, 9.17) is 0 Å². The summed E-state index contributed by atoms with van der Waals surface area (Å²) in [4.78, 5) is 8.35. The zero-order valence-corrected chi connectivity index (χ0v) is 17.0. The van der Waals surface area contributed by atoms with Crippen LogP contribution in [0.3, 0.4) is 0 Å². The van der Waals surface area contributed by atoms with Crippen LogP contribution in [0, 0.1) is 11.6 Å². The molecule has 32 heavy (non-hydrogen) atoms. The molecule has 4 aromatic carbocycles. The van der Waals surface area contributed by atoms with Gasteiger partial charge in [0.15, 0.2) is 5.82 Å². The number of hydrogen-bond donors (Lipinski definition) is 0. The molecule has 0 atom stereocenters. The lowest BCUT2D eigenvalue weighted by Gasteiger charge is -2.08. The van der Waals surface area contributed by atoms with Gasteiger partial charge in [-0.3, -0.25) is 0 Å². The van der Waals surface area contributed by atoms with Gasteiger partial charge in [0, 0.05) is 18.0 Å². The van der Waals surface area contributed by atoms with E-state index in [2.05, 4.69) is 46.4 Å². The van der Waals surface area contributed by atoms with Crippen LogP contribution in [0.15, 0.2) is 109 Å². The Morgan fingerprint density at radius 1 is 0.406 bits per heavy atom. The molecule has 154 valence electrons. The first-order valence-electron chi connectivity index (χ1n) is 10.2. The van der Waals surface area contributed by atoms with Crippen LogP contribution in [0.25, 0.3) is 44.8 Å². The number of rotatable bonds is 4. The van der Waals surface area contributed by atoms with Gasteiger partial charge in [0.25, 0.3) is 0 Å². The van der Waals surface area contributed by atoms with E-state index in [9.17, 15) is 8.78 Å². The Morgan fingerprint density at radius 2 is 0.812 bits per heavy atom. The number of benzene rings is 4. The standard InChI is InChI=1S/C28H18F2N2/c29-25-7-4-8-26(30)27(25)28-31-17-24(18-32-28)23-15-13-22(14-16-23)21-11-9-20(10-12-21)19-5-2-1-3-6-19/h1-18H. The average molecular weight is 420 g/mol. The average Bonchev–Trinajstić information content (AvgIpc) is 2.85. The smallest absolute Gasteiger partial charge is 0.165 e. The maximum Gasteiger partial charge on any atom is 0.165 e. The Kier molecular flexibility index (Phi) is 5.26. The van der Waals surface area contributed by atoms with E-state index in [1.165, 1.54) is 29.3 Å². The summed E-state index contributed by atoms with van der Waals surface area (Å²) in [5.41, 5.74) is 6.07. The Labute approximate surface area is 184 Å². The van der Waals surface area contributed by atoms with Crippen LogP contribution in [0.2, 0.25) is 0 Å². The number of halogens is 2. The van der Waals surface area contributed by atoms with Crippen molar-refractivity contribution < 1.29 is 8.78 Å². The molecule has 0 aliphatic carbocycles. The number of aromatic nitrogens is 2. The molecule has 0 N–H and O–H groups in total. The highest BCUT2D eigenvalue weighted by molar-refractivity contribution is 5.73. The van der Waals surface area contributed by atoms with Crippen molar-refractivity contribution in [3.8, 4) is 44.8 Å². The molecule has 5 rings (SSSR count). The van der Waals surface area contributed by atoms with Gasteiger partial charge in [-0.05, 0) is 39.9 Å². The van der Waals surface area contributed by atoms with Crippen molar-refractivity contribution in [2.45, 2.75) is 0 Å². The van der Waals surface area contributed by atoms with Crippen molar-refractivity contribution >= 4 is 0 Å². The van der Waals surface area contributed by atoms with Crippen LogP contribution >= 0.6 is 0 Å². The van der Waals surface area contributed by atoms with E-state index in [-0.39, 0.29) is 11.4 Å². The van der Waals surface area contributed by atoms with Gasteiger partial charge in [-0.2, -0.15) is 0 Å². The number of nitrogens with zero attached hydrogens (tertiary/aromatic N) is 2. The highest BCUT2D eigenvalue weighted by atomic mass is 19.1. The zero-order chi connectivity index (χ0) is 21.9. The first kappa shape index (κ1) is 19.8. The van der Waals surface area contributed by atoms with Crippen molar-refractivity contribution in [1.29, 1.82) is 0 Å². The Morgan fingerprint density at radius 3 is 1.28 bits per heavy atom. The lowest BCUT2D eigenvalue weighted by atomic mass is 9.99. The van der Waals surface area contributed by atoms with Crippen molar-refractivity contribution in [3.63, 3.8) is 0 Å². The Balaban J connectivity index is 1.37. The molecule has 0 bridgehead atoms. The summed E-state index contributed by atoms with van der Waals surface area (Å²) < 4.78 is 27.9. The van der Waals surface area contributed by atoms with Crippen LogP contribution in [0.4, 0.5) is 8.78 Å². The fourth-order valence-electron chi connectivity index (χ4n) is 3.66. The first-order valence-corrected chi connectivity index (χ1v) is 10.2. The molecule has 0 amide bonds. The largest absolute Gasteiger partial charge is 0.236 e. The molecule has 0 fully saturated rings. The maximum absolute atomic E-state index is 14.0. The van der Waals surface area contributed by atoms with Gasteiger partial charge in [0.1, 0.15) is 11.6 Å². The molecular weight excluding hydrogens is 402 g/mol. The van der Waals surface area contributed by atoms with Crippen molar-refractivity contribution in [3.05, 3.63) is 121 Å². The van der Waals surface area contributed by atoms with Crippen LogP contribution in [-0.4, -0.2) is 9.97 Å². The quantitative estimate of drug-likeness (QED) is 0.302. The molecule has 4 heteroatoms. The minimum Gasteiger partial charge on any atom is -0.236 e. The van der Waals surface area contributed by atoms with Gasteiger partial charge in [0.2, 0.25) is 0 Å².